The van der Waals surface area contributed by atoms with Crippen LogP contribution < -0.4 is 11.1 Å². The Bertz CT molecular complexity index is 1200. The number of nitrogens with one attached hydrogen (secondary N) is 1. The second kappa shape index (κ2) is 13.7. The number of aryl methyl sites for hydroxylation is 1. The highest BCUT2D eigenvalue weighted by Gasteiger charge is 2.32. The van der Waals surface area contributed by atoms with Crippen molar-refractivity contribution in [2.24, 2.45) is 5.73 Å². The smallest absolute Gasteiger partial charge is 0.272 e. The number of nitrogens with zero attached hydrogens (tertiary/aromatic N) is 3. The van der Waals surface area contributed by atoms with E-state index in [0.29, 0.717) is 41.3 Å². The summed E-state index contributed by atoms with van der Waals surface area (Å²) in [5.41, 5.74) is 11.5. The molecule has 0 spiro atoms. The predicted molar refractivity (Wildman–Crippen MR) is 149 cm³/mol. The summed E-state index contributed by atoms with van der Waals surface area (Å²) in [7, 11) is 0. The number of aliphatic hydroxyl groups is 1. The van der Waals surface area contributed by atoms with Crippen molar-refractivity contribution < 1.29 is 14.7 Å². The minimum atomic E-state index is -0.249. The third-order valence-electron chi connectivity index (χ3n) is 5.89. The molecule has 0 aliphatic carbocycles. The Morgan fingerprint density at radius 3 is 2.32 bits per heavy atom. The number of fused-ring (bicyclic) bond motifs is 1. The molecular formula is C29H41N5O3. The monoisotopic (exact) mass is 507 g/mol. The number of hydrogen-bond donors (Lipinski definition) is 3. The number of hydrogen-bond acceptors (Lipinski definition) is 5. The van der Waals surface area contributed by atoms with Crippen molar-refractivity contribution in [3.63, 3.8) is 0 Å². The van der Waals surface area contributed by atoms with Crippen molar-refractivity contribution >= 4 is 17.5 Å². The van der Waals surface area contributed by atoms with Crippen LogP contribution in [0.1, 0.15) is 80.3 Å². The van der Waals surface area contributed by atoms with Gasteiger partial charge in [-0.2, -0.15) is 5.10 Å². The van der Waals surface area contributed by atoms with E-state index in [1.165, 1.54) is 12.5 Å². The van der Waals surface area contributed by atoms with E-state index in [9.17, 15) is 14.7 Å². The average molecular weight is 508 g/mol. The highest BCUT2D eigenvalue weighted by Crippen LogP contribution is 2.35. The molecule has 4 N–H and O–H groups in total. The van der Waals surface area contributed by atoms with Gasteiger partial charge in [-0.15, -0.1) is 0 Å². The van der Waals surface area contributed by atoms with Gasteiger partial charge in [-0.05, 0) is 42.7 Å². The van der Waals surface area contributed by atoms with E-state index < -0.39 is 0 Å². The summed E-state index contributed by atoms with van der Waals surface area (Å²) in [5, 5.41) is 17.6. The lowest BCUT2D eigenvalue weighted by Crippen LogP contribution is -2.41. The van der Waals surface area contributed by atoms with Gasteiger partial charge in [0.15, 0.2) is 0 Å². The Balaban J connectivity index is 0.00000115. The SMILES string of the molecule is CC.CC.CC(=O)Nc1cc(CN)cc(CO)c1-c1cc2n(n1)C(C)CN(Cc1ccc(C)cc1)C2=O. The Morgan fingerprint density at radius 2 is 1.76 bits per heavy atom. The van der Waals surface area contributed by atoms with Crippen LogP contribution in [0.15, 0.2) is 42.5 Å². The minimum absolute atomic E-state index is 0.0259. The second-order valence-corrected chi connectivity index (χ2v) is 8.60. The van der Waals surface area contributed by atoms with Crippen molar-refractivity contribution in [2.45, 2.75) is 74.2 Å². The maximum Gasteiger partial charge on any atom is 0.272 e. The molecule has 0 bridgehead atoms. The third-order valence-corrected chi connectivity index (χ3v) is 5.89. The first-order chi connectivity index (χ1) is 17.8. The molecule has 1 atom stereocenters. The summed E-state index contributed by atoms with van der Waals surface area (Å²) in [4.78, 5) is 27.0. The molecule has 8 heteroatoms. The molecule has 0 fully saturated rings. The number of aliphatic hydroxyl groups excluding tert-OH is 1. The van der Waals surface area contributed by atoms with E-state index in [-0.39, 0.29) is 31.0 Å². The highest BCUT2D eigenvalue weighted by molar-refractivity contribution is 5.97. The van der Waals surface area contributed by atoms with Crippen molar-refractivity contribution in [1.82, 2.24) is 14.7 Å². The molecule has 200 valence electrons. The lowest BCUT2D eigenvalue weighted by molar-refractivity contribution is -0.114. The number of carbonyl (C=O) groups is 2. The van der Waals surface area contributed by atoms with Gasteiger partial charge < -0.3 is 21.1 Å². The molecule has 0 radical (unpaired) electrons. The molecule has 1 aliphatic rings. The number of amides is 2. The number of anilines is 1. The topological polar surface area (TPSA) is 113 Å². The summed E-state index contributed by atoms with van der Waals surface area (Å²) in [5.74, 6) is -0.343. The number of carbonyl (C=O) groups excluding carboxylic acids is 2. The van der Waals surface area contributed by atoms with Crippen LogP contribution in [0.4, 0.5) is 5.69 Å². The van der Waals surface area contributed by atoms with E-state index in [1.807, 2.05) is 70.7 Å². The lowest BCUT2D eigenvalue weighted by Gasteiger charge is -2.31. The normalized spacial score (nSPS) is 14.1. The third kappa shape index (κ3) is 6.84. The van der Waals surface area contributed by atoms with Crippen LogP contribution in [0.25, 0.3) is 11.3 Å². The van der Waals surface area contributed by atoms with Crippen LogP contribution in [0, 0.1) is 6.92 Å². The fraction of sp³-hybridized carbons (Fsp3) is 0.414. The minimum Gasteiger partial charge on any atom is -0.392 e. The molecule has 3 aromatic rings. The van der Waals surface area contributed by atoms with E-state index in [0.717, 1.165) is 11.1 Å². The van der Waals surface area contributed by atoms with Crippen LogP contribution in [-0.4, -0.2) is 38.1 Å². The Labute approximate surface area is 220 Å². The first-order valence-corrected chi connectivity index (χ1v) is 13.0. The molecule has 8 nitrogen and oxygen atoms in total. The fourth-order valence-electron chi connectivity index (χ4n) is 4.31. The van der Waals surface area contributed by atoms with Gasteiger partial charge in [-0.3, -0.25) is 14.3 Å². The Hall–Kier alpha value is -3.49. The van der Waals surface area contributed by atoms with Crippen molar-refractivity contribution in [2.75, 3.05) is 11.9 Å². The molecule has 1 aromatic heterocycles. The van der Waals surface area contributed by atoms with Gasteiger partial charge in [-0.1, -0.05) is 63.6 Å². The van der Waals surface area contributed by atoms with E-state index in [4.69, 9.17) is 10.8 Å². The Kier molecular flexibility index (Phi) is 11.0. The maximum atomic E-state index is 13.3. The predicted octanol–water partition coefficient (Wildman–Crippen LogP) is 5.04. The quantitative estimate of drug-likeness (QED) is 0.433. The molecule has 37 heavy (non-hydrogen) atoms. The Morgan fingerprint density at radius 1 is 1.11 bits per heavy atom. The molecule has 2 aromatic carbocycles. The van der Waals surface area contributed by atoms with Gasteiger partial charge in [0, 0.05) is 32.1 Å². The van der Waals surface area contributed by atoms with Gasteiger partial charge in [0.25, 0.3) is 5.91 Å². The maximum absolute atomic E-state index is 13.3. The molecule has 2 heterocycles. The largest absolute Gasteiger partial charge is 0.392 e. The molecule has 4 rings (SSSR count). The molecule has 1 unspecified atom stereocenters. The van der Waals surface area contributed by atoms with Crippen LogP contribution in [-0.2, 0) is 24.5 Å². The van der Waals surface area contributed by atoms with E-state index >= 15 is 0 Å². The number of rotatable bonds is 6. The van der Waals surface area contributed by atoms with Gasteiger partial charge >= 0.3 is 0 Å². The second-order valence-electron chi connectivity index (χ2n) is 8.60. The number of benzene rings is 2. The summed E-state index contributed by atoms with van der Waals surface area (Å²) < 4.78 is 1.73. The summed E-state index contributed by atoms with van der Waals surface area (Å²) in [6.45, 7) is 14.6. The fourth-order valence-corrected chi connectivity index (χ4v) is 4.31. The van der Waals surface area contributed by atoms with E-state index in [1.54, 1.807) is 22.9 Å². The zero-order valence-electron chi connectivity index (χ0n) is 23.1. The van der Waals surface area contributed by atoms with Crippen molar-refractivity contribution in [3.8, 4) is 11.3 Å². The standard InChI is InChI=1S/C25H29N5O3.2C2H6/c1-15-4-6-18(7-5-15)13-29-12-16(2)30-23(25(29)33)10-22(28-30)24-20(14-31)8-19(11-26)9-21(24)27-17(3)32;2*1-2/h4-10,16,31H,11-14,26H2,1-3H3,(H,27,32);2*1-2H3. The van der Waals surface area contributed by atoms with Gasteiger partial charge in [0.1, 0.15) is 5.69 Å². The number of nitrogens with two attached hydrogens (primary N) is 1. The average Bonchev–Trinajstić information content (AvgIpc) is 3.36. The first kappa shape index (κ1) is 29.7. The van der Waals surface area contributed by atoms with Crippen LogP contribution in [0.3, 0.4) is 0 Å². The number of aromatic nitrogens is 2. The van der Waals surface area contributed by atoms with Crippen LogP contribution >= 0.6 is 0 Å². The highest BCUT2D eigenvalue weighted by atomic mass is 16.3. The van der Waals surface area contributed by atoms with Gasteiger partial charge in [0.2, 0.25) is 5.91 Å². The van der Waals surface area contributed by atoms with Crippen LogP contribution in [0.5, 0.6) is 0 Å². The van der Waals surface area contributed by atoms with Gasteiger partial charge in [0.05, 0.1) is 24.0 Å². The molecular weight excluding hydrogens is 466 g/mol. The summed E-state index contributed by atoms with van der Waals surface area (Å²) >= 11 is 0. The zero-order valence-corrected chi connectivity index (χ0v) is 23.1. The molecule has 2 amide bonds. The summed E-state index contributed by atoms with van der Waals surface area (Å²) in [6.07, 6.45) is 0. The van der Waals surface area contributed by atoms with Crippen molar-refractivity contribution in [1.29, 1.82) is 0 Å². The van der Waals surface area contributed by atoms with Crippen molar-refractivity contribution in [3.05, 3.63) is 70.4 Å². The summed E-state index contributed by atoms with van der Waals surface area (Å²) in [6, 6.07) is 13.5. The lowest BCUT2D eigenvalue weighted by atomic mass is 9.98. The first-order valence-electron chi connectivity index (χ1n) is 13.0. The van der Waals surface area contributed by atoms with Gasteiger partial charge in [-0.25, -0.2) is 0 Å². The van der Waals surface area contributed by atoms with E-state index in [2.05, 4.69) is 5.32 Å². The molecule has 1 aliphatic heterocycles. The molecule has 0 saturated heterocycles. The van der Waals surface area contributed by atoms with Crippen LogP contribution in [0.2, 0.25) is 0 Å². The zero-order chi connectivity index (χ0) is 27.7. The molecule has 0 saturated carbocycles.